The van der Waals surface area contributed by atoms with Crippen molar-refractivity contribution in [1.82, 2.24) is 0 Å². The van der Waals surface area contributed by atoms with E-state index in [2.05, 4.69) is 0 Å². The molecule has 2 rings (SSSR count). The maximum absolute atomic E-state index is 10.7. The van der Waals surface area contributed by atoms with Crippen LogP contribution in [0.5, 0.6) is 11.5 Å². The van der Waals surface area contributed by atoms with Gasteiger partial charge in [-0.1, -0.05) is 18.2 Å². The van der Waals surface area contributed by atoms with Crippen LogP contribution < -0.4 is 10.5 Å². The van der Waals surface area contributed by atoms with E-state index in [1.807, 2.05) is 31.2 Å². The lowest BCUT2D eigenvalue weighted by molar-refractivity contribution is -0.384. The van der Waals surface area contributed by atoms with Crippen molar-refractivity contribution in [1.29, 1.82) is 0 Å². The number of ether oxygens (including phenoxy) is 1. The van der Waals surface area contributed by atoms with E-state index in [1.165, 1.54) is 12.1 Å². The third kappa shape index (κ3) is 2.95. The standard InChI is InChI=1S/C15H16N2O3/c1-10-9-12(17(18)19)7-8-14(10)20-15-6-4-3-5-13(15)11(2)16/h3-9,11H,16H2,1-2H3/t11-/m0/s1. The number of hydrogen-bond acceptors (Lipinski definition) is 4. The first-order valence-corrected chi connectivity index (χ1v) is 6.26. The third-order valence-corrected chi connectivity index (χ3v) is 3.00. The van der Waals surface area contributed by atoms with E-state index >= 15 is 0 Å². The molecule has 0 fully saturated rings. The van der Waals surface area contributed by atoms with Crippen LogP contribution in [0.15, 0.2) is 42.5 Å². The topological polar surface area (TPSA) is 78.4 Å². The zero-order valence-corrected chi connectivity index (χ0v) is 11.4. The highest BCUT2D eigenvalue weighted by Crippen LogP contribution is 2.31. The average Bonchev–Trinajstić information content (AvgIpc) is 2.41. The first kappa shape index (κ1) is 14.0. The molecule has 1 atom stereocenters. The second-order valence-corrected chi connectivity index (χ2v) is 4.64. The molecule has 0 unspecified atom stereocenters. The highest BCUT2D eigenvalue weighted by molar-refractivity contribution is 5.46. The fraction of sp³-hybridized carbons (Fsp3) is 0.200. The molecule has 0 saturated heterocycles. The summed E-state index contributed by atoms with van der Waals surface area (Å²) in [6.07, 6.45) is 0. The Morgan fingerprint density at radius 3 is 2.50 bits per heavy atom. The van der Waals surface area contributed by atoms with Crippen LogP contribution in [0, 0.1) is 17.0 Å². The number of nitro benzene ring substituents is 1. The van der Waals surface area contributed by atoms with Crippen LogP contribution in [0.1, 0.15) is 24.1 Å². The number of non-ortho nitro benzene ring substituents is 1. The first-order valence-electron chi connectivity index (χ1n) is 6.26. The molecule has 0 bridgehead atoms. The van der Waals surface area contributed by atoms with Crippen LogP contribution in [-0.4, -0.2) is 4.92 Å². The number of para-hydroxylation sites is 1. The highest BCUT2D eigenvalue weighted by atomic mass is 16.6. The number of nitrogens with two attached hydrogens (primary N) is 1. The molecule has 2 aromatic carbocycles. The van der Waals surface area contributed by atoms with E-state index in [9.17, 15) is 10.1 Å². The quantitative estimate of drug-likeness (QED) is 0.679. The first-order chi connectivity index (χ1) is 9.49. The number of rotatable bonds is 4. The highest BCUT2D eigenvalue weighted by Gasteiger charge is 2.12. The van der Waals surface area contributed by atoms with Crippen LogP contribution in [0.2, 0.25) is 0 Å². The number of hydrogen-bond donors (Lipinski definition) is 1. The molecule has 0 aromatic heterocycles. The van der Waals surface area contributed by atoms with E-state index in [0.717, 1.165) is 5.56 Å². The van der Waals surface area contributed by atoms with Crippen LogP contribution in [0.25, 0.3) is 0 Å². The van der Waals surface area contributed by atoms with E-state index < -0.39 is 4.92 Å². The Labute approximate surface area is 117 Å². The Balaban J connectivity index is 2.33. The predicted octanol–water partition coefficient (Wildman–Crippen LogP) is 3.72. The summed E-state index contributed by atoms with van der Waals surface area (Å²) in [6.45, 7) is 3.65. The smallest absolute Gasteiger partial charge is 0.269 e. The molecule has 0 aliphatic rings. The normalized spacial score (nSPS) is 11.9. The molecule has 2 aromatic rings. The van der Waals surface area contributed by atoms with E-state index in [4.69, 9.17) is 10.5 Å². The molecule has 5 heteroatoms. The lowest BCUT2D eigenvalue weighted by atomic mass is 10.1. The molecular formula is C15H16N2O3. The van der Waals surface area contributed by atoms with E-state index in [1.54, 1.807) is 13.0 Å². The average molecular weight is 272 g/mol. The molecule has 2 N–H and O–H groups in total. The van der Waals surface area contributed by atoms with Crippen LogP contribution in [-0.2, 0) is 0 Å². The second kappa shape index (κ2) is 5.71. The maximum Gasteiger partial charge on any atom is 0.269 e. The zero-order valence-electron chi connectivity index (χ0n) is 11.4. The molecule has 20 heavy (non-hydrogen) atoms. The van der Waals surface area contributed by atoms with Gasteiger partial charge in [0.1, 0.15) is 11.5 Å². The third-order valence-electron chi connectivity index (χ3n) is 3.00. The molecule has 104 valence electrons. The minimum Gasteiger partial charge on any atom is -0.457 e. The molecule has 0 heterocycles. The van der Waals surface area contributed by atoms with Gasteiger partial charge in [0.15, 0.2) is 0 Å². The van der Waals surface area contributed by atoms with E-state index in [-0.39, 0.29) is 11.7 Å². The van der Waals surface area contributed by atoms with Crippen molar-refractivity contribution < 1.29 is 9.66 Å². The van der Waals surface area contributed by atoms with Gasteiger partial charge < -0.3 is 10.5 Å². The Bertz CT molecular complexity index is 639. The van der Waals surface area contributed by atoms with Gasteiger partial charge in [0.05, 0.1) is 4.92 Å². The molecule has 0 spiro atoms. The van der Waals surface area contributed by atoms with Gasteiger partial charge in [0.2, 0.25) is 0 Å². The molecule has 0 aliphatic carbocycles. The molecule has 0 aliphatic heterocycles. The number of nitro groups is 1. The summed E-state index contributed by atoms with van der Waals surface area (Å²) in [5.41, 5.74) is 7.55. The summed E-state index contributed by atoms with van der Waals surface area (Å²) < 4.78 is 5.83. The summed E-state index contributed by atoms with van der Waals surface area (Å²) in [5, 5.41) is 10.7. The summed E-state index contributed by atoms with van der Waals surface area (Å²) >= 11 is 0. The summed E-state index contributed by atoms with van der Waals surface area (Å²) in [7, 11) is 0. The molecule has 0 radical (unpaired) electrons. The van der Waals surface area contributed by atoms with E-state index in [0.29, 0.717) is 17.1 Å². The molecule has 5 nitrogen and oxygen atoms in total. The maximum atomic E-state index is 10.7. The lowest BCUT2D eigenvalue weighted by Gasteiger charge is -2.14. The Hall–Kier alpha value is -2.40. The molecule has 0 saturated carbocycles. The monoisotopic (exact) mass is 272 g/mol. The van der Waals surface area contributed by atoms with Crippen molar-refractivity contribution in [3.05, 3.63) is 63.7 Å². The van der Waals surface area contributed by atoms with Gasteiger partial charge in [-0.3, -0.25) is 10.1 Å². The van der Waals surface area contributed by atoms with Crippen molar-refractivity contribution in [3.63, 3.8) is 0 Å². The minimum atomic E-state index is -0.424. The Morgan fingerprint density at radius 1 is 1.20 bits per heavy atom. The fourth-order valence-electron chi connectivity index (χ4n) is 1.93. The van der Waals surface area contributed by atoms with Crippen molar-refractivity contribution in [2.24, 2.45) is 5.73 Å². The van der Waals surface area contributed by atoms with Crippen LogP contribution in [0.3, 0.4) is 0 Å². The van der Waals surface area contributed by atoms with Crippen molar-refractivity contribution >= 4 is 5.69 Å². The minimum absolute atomic E-state index is 0.0512. The van der Waals surface area contributed by atoms with Crippen LogP contribution >= 0.6 is 0 Å². The lowest BCUT2D eigenvalue weighted by Crippen LogP contribution is -2.06. The van der Waals surface area contributed by atoms with Gasteiger partial charge in [0.25, 0.3) is 5.69 Å². The largest absolute Gasteiger partial charge is 0.457 e. The van der Waals surface area contributed by atoms with Gasteiger partial charge in [-0.25, -0.2) is 0 Å². The van der Waals surface area contributed by atoms with Gasteiger partial charge >= 0.3 is 0 Å². The van der Waals surface area contributed by atoms with Crippen molar-refractivity contribution in [3.8, 4) is 11.5 Å². The summed E-state index contributed by atoms with van der Waals surface area (Å²) in [5.74, 6) is 1.25. The van der Waals surface area contributed by atoms with Crippen molar-refractivity contribution in [2.45, 2.75) is 19.9 Å². The number of aryl methyl sites for hydroxylation is 1. The zero-order chi connectivity index (χ0) is 14.7. The number of benzene rings is 2. The predicted molar refractivity (Wildman–Crippen MR) is 77.0 cm³/mol. The number of nitrogens with zero attached hydrogens (tertiary/aromatic N) is 1. The molecular weight excluding hydrogens is 256 g/mol. The Kier molecular flexibility index (Phi) is 4.00. The van der Waals surface area contributed by atoms with Crippen molar-refractivity contribution in [2.75, 3.05) is 0 Å². The van der Waals surface area contributed by atoms with Gasteiger partial charge in [-0.15, -0.1) is 0 Å². The fourth-order valence-corrected chi connectivity index (χ4v) is 1.93. The summed E-state index contributed by atoms with van der Waals surface area (Å²) in [4.78, 5) is 10.3. The summed E-state index contributed by atoms with van der Waals surface area (Å²) in [6, 6.07) is 11.9. The van der Waals surface area contributed by atoms with Gasteiger partial charge in [-0.2, -0.15) is 0 Å². The van der Waals surface area contributed by atoms with Gasteiger partial charge in [-0.05, 0) is 31.5 Å². The SMILES string of the molecule is Cc1cc([N+](=O)[O-])ccc1Oc1ccccc1[C@H](C)N. The van der Waals surface area contributed by atoms with Gasteiger partial charge in [0, 0.05) is 23.7 Å². The second-order valence-electron chi connectivity index (χ2n) is 4.64. The Morgan fingerprint density at radius 2 is 1.90 bits per heavy atom. The molecule has 0 amide bonds. The van der Waals surface area contributed by atoms with Crippen LogP contribution in [0.4, 0.5) is 5.69 Å².